The van der Waals surface area contributed by atoms with E-state index in [1.165, 1.54) is 0 Å². The van der Waals surface area contributed by atoms with Gasteiger partial charge in [0.1, 0.15) is 124 Å². The second-order valence-electron chi connectivity index (χ2n) is 42.0. The molecular weight excluding hydrogens is 1900 g/mol. The second kappa shape index (κ2) is 45.0. The van der Waals surface area contributed by atoms with Crippen LogP contribution in [0.5, 0.6) is 0 Å². The maximum atomic E-state index is 13.5. The number of carboxylic acids is 2. The lowest BCUT2D eigenvalue weighted by Crippen LogP contribution is -2.69. The molecule has 0 aromatic heterocycles. The van der Waals surface area contributed by atoms with E-state index >= 15 is 0 Å². The highest BCUT2D eigenvalue weighted by Crippen LogP contribution is 2.76. The molecule has 0 aromatic rings. The number of carbonyl (C=O) groups excluding carboxylic acids is 10. The summed E-state index contributed by atoms with van der Waals surface area (Å²) in [5.41, 5.74) is -4.16. The predicted octanol–water partition coefficient (Wildman–Crippen LogP) is 1.60. The van der Waals surface area contributed by atoms with E-state index in [-0.39, 0.29) is 48.3 Å². The summed E-state index contributed by atoms with van der Waals surface area (Å²) >= 11 is 0. The number of carboxylic acid groups (broad SMARTS) is 2. The maximum absolute atomic E-state index is 13.5. The van der Waals surface area contributed by atoms with Crippen molar-refractivity contribution in [3.63, 3.8) is 0 Å². The van der Waals surface area contributed by atoms with Gasteiger partial charge in [-0.25, -0.2) is 0 Å². The van der Waals surface area contributed by atoms with Crippen molar-refractivity contribution >= 4 is 71.6 Å². The minimum absolute atomic E-state index is 0. The summed E-state index contributed by atoms with van der Waals surface area (Å²) in [5.74, 6) is -11.0. The van der Waals surface area contributed by atoms with Crippen LogP contribution in [0.1, 0.15) is 220 Å². The monoisotopic (exact) mass is 2040 g/mol. The number of aliphatic hydroxyl groups is 10. The van der Waals surface area contributed by atoms with Crippen LogP contribution in [0.3, 0.4) is 0 Å². The fraction of sp³-hybridized carbons (Fsp3) is 0.835. The molecule has 12 N–H and O–H groups in total. The van der Waals surface area contributed by atoms with Gasteiger partial charge >= 0.3 is 71.6 Å². The third kappa shape index (κ3) is 22.7. The molecule has 46 nitrogen and oxygen atoms in total. The highest BCUT2D eigenvalue weighted by molar-refractivity contribution is 5.76. The first-order valence-electron chi connectivity index (χ1n) is 48.6. The quantitative estimate of drug-likeness (QED) is 0.0210. The molecule has 2 spiro atoms. The van der Waals surface area contributed by atoms with Crippen LogP contribution in [0.25, 0.3) is 0 Å². The van der Waals surface area contributed by atoms with Crippen LogP contribution in [-0.4, -0.2) is 368 Å². The Balaban J connectivity index is 0.000000276. The van der Waals surface area contributed by atoms with Crippen LogP contribution in [0.4, 0.5) is 0 Å². The molecule has 34 unspecified atom stereocenters. The van der Waals surface area contributed by atoms with E-state index in [2.05, 4.69) is 27.0 Å². The summed E-state index contributed by atoms with van der Waals surface area (Å²) in [6.07, 6.45) is -41.9. The van der Waals surface area contributed by atoms with Crippen LogP contribution in [0.2, 0.25) is 0 Å². The van der Waals surface area contributed by atoms with E-state index < -0.39 is 328 Å². The Morgan fingerprint density at radius 2 is 0.587 bits per heavy atom. The van der Waals surface area contributed by atoms with Gasteiger partial charge in [0.2, 0.25) is 0 Å². The summed E-state index contributed by atoms with van der Waals surface area (Å²) in [6.45, 7) is 23.1. The van der Waals surface area contributed by atoms with Gasteiger partial charge in [-0.1, -0.05) is 47.3 Å². The third-order valence-corrected chi connectivity index (χ3v) is 32.8. The number of rotatable bonds is 30. The predicted molar refractivity (Wildman–Crippen MR) is 476 cm³/mol. The van der Waals surface area contributed by atoms with Crippen molar-refractivity contribution in [3.8, 4) is 0 Å². The Hall–Kier alpha value is -7.76. The standard InChI is InChI=1S/C58H80O28.C38H60O18.CH4/c1-26-21-57-19-15-40-55(12,17-14-18-56(40,13)54(69)70)41(57)16-20-58(26,25-57)86-53-50(85-52-49(80-36(11)68)46(78-34(9)66)43(75-31(6)63)38(82-52)23-72-28(3)60)47(44(76-32(7)64)39(83-53)24-73-29(4)61)84-51-48(79-35(10)67)45(77-33(8)65)42(74-30(5)62)37(81-51)22-71-27(2)59;1-16-11-37-9-5-20-35(2,7-4-8-36(20,3)34(49)50)21(37)6-10-38(16,15-37)56-33-30(55-32-28(48)26(46)23(43)18(13-40)52-32)29(24(44)19(14-41)53-33)54-31-27(47)25(45)22(42)17(12-39)51-31;/h37-53H,1,14-25H2,2-13H3,(H,69,70);17-33,39-48H,1,4-15H2,2-3H3,(H,49,50);1H4/t37?,38?,39?,40?,41?,42?,43?,44?,45?,46?,47?,48?,49?,50?,51?,52?,53?,55-,56-,57-,58+;17?,18?,19?,20?,21?,22?,23?,24?,25?,26?,27?,28?,29?,30?,31?,32?,33?,35-,36-,37-,38+;/m11./s1. The second-order valence-corrected chi connectivity index (χ2v) is 42.0. The van der Waals surface area contributed by atoms with Gasteiger partial charge in [0.15, 0.2) is 80.5 Å². The topological polar surface area (TPSA) is 651 Å². The van der Waals surface area contributed by atoms with Crippen LogP contribution in [0, 0.1) is 56.2 Å². The van der Waals surface area contributed by atoms with Crippen LogP contribution in [0.15, 0.2) is 24.3 Å². The summed E-state index contributed by atoms with van der Waals surface area (Å²) in [7, 11) is 0. The molecule has 143 heavy (non-hydrogen) atoms. The Labute approximate surface area is 826 Å². The average Bonchev–Trinajstić information content (AvgIpc) is 1.56. The van der Waals surface area contributed by atoms with Gasteiger partial charge in [-0.15, -0.1) is 0 Å². The first kappa shape index (κ1) is 114. The van der Waals surface area contributed by atoms with E-state index in [1.54, 1.807) is 0 Å². The summed E-state index contributed by atoms with van der Waals surface area (Å²) in [5, 5.41) is 127. The first-order valence-corrected chi connectivity index (χ1v) is 48.6. The van der Waals surface area contributed by atoms with Crippen LogP contribution >= 0.6 is 0 Å². The van der Waals surface area contributed by atoms with Crippen molar-refractivity contribution in [2.45, 2.75) is 415 Å². The van der Waals surface area contributed by atoms with Gasteiger partial charge in [-0.05, 0) is 173 Å². The Bertz CT molecular complexity index is 4620. The van der Waals surface area contributed by atoms with Crippen LogP contribution < -0.4 is 0 Å². The highest BCUT2D eigenvalue weighted by Gasteiger charge is 2.73. The normalized spacial score (nSPS) is 44.8. The number of hydrogen-bond donors (Lipinski definition) is 12. The molecule has 6 heterocycles. The molecule has 14 rings (SSSR count). The van der Waals surface area contributed by atoms with Crippen molar-refractivity contribution in [2.24, 2.45) is 56.2 Å². The van der Waals surface area contributed by atoms with Crippen molar-refractivity contribution < 1.29 is 223 Å². The fourth-order valence-corrected chi connectivity index (χ4v) is 26.9. The molecule has 14 aliphatic rings. The van der Waals surface area contributed by atoms with Crippen molar-refractivity contribution in [3.05, 3.63) is 24.3 Å². The average molecular weight is 2050 g/mol. The molecule has 6 saturated heterocycles. The molecule has 4 bridgehead atoms. The van der Waals surface area contributed by atoms with Gasteiger partial charge < -0.3 is 165 Å². The van der Waals surface area contributed by atoms with E-state index in [4.69, 9.17) is 104 Å². The molecule has 14 fully saturated rings. The molecule has 8 saturated carbocycles. The number of carbonyl (C=O) groups is 12. The SMILES string of the molecule is C.C=C1C[C@@]23CCC4[C@@](C)(CCC[C@@]4(C)C(=O)O)C2CC[C@]1(OC1OC(CO)C(O)C(OC2OC(CO)C(O)C(O)C2O)C1OC1OC(CO)C(O)C(O)C1O)C3.C=C1C[C@@]23CCC4[C@@](C)(CCC[C@@]4(C)C(=O)O)C2CC[C@]1(OC1OC(COC(C)=O)C(OC(C)=O)C(OC2OC(COC(C)=O)C(OC(C)=O)C(OC(C)=O)C2OC(C)=O)C1OC1OC(COC(C)=O)C(OC(C)=O)C(OC(C)=O)C1OC(C)=O)C3. The fourth-order valence-electron chi connectivity index (χ4n) is 26.9. The number of ether oxygens (including phenoxy) is 22. The van der Waals surface area contributed by atoms with Crippen molar-refractivity contribution in [1.82, 2.24) is 0 Å². The Morgan fingerprint density at radius 1 is 0.308 bits per heavy atom. The molecule has 808 valence electrons. The summed E-state index contributed by atoms with van der Waals surface area (Å²) in [6, 6.07) is 0. The minimum Gasteiger partial charge on any atom is -0.481 e. The van der Waals surface area contributed by atoms with Gasteiger partial charge in [0.05, 0.1) is 41.9 Å². The molecule has 42 atom stereocenters. The van der Waals surface area contributed by atoms with E-state index in [1.807, 2.05) is 13.8 Å². The number of hydrogen-bond acceptors (Lipinski definition) is 44. The number of esters is 10. The van der Waals surface area contributed by atoms with Crippen molar-refractivity contribution in [1.29, 1.82) is 0 Å². The zero-order chi connectivity index (χ0) is 104. The lowest BCUT2D eigenvalue weighted by atomic mass is 9.41. The number of aliphatic hydroxyl groups excluding tert-OH is 10. The van der Waals surface area contributed by atoms with Crippen molar-refractivity contribution in [2.75, 3.05) is 39.6 Å². The van der Waals surface area contributed by atoms with Crippen LogP contribution in [-0.2, 0) is 162 Å². The molecule has 0 radical (unpaired) electrons. The molecule has 6 aliphatic heterocycles. The zero-order valence-electron chi connectivity index (χ0n) is 82.3. The van der Waals surface area contributed by atoms with Gasteiger partial charge in [0, 0.05) is 69.2 Å². The number of aliphatic carboxylic acids is 2. The third-order valence-electron chi connectivity index (χ3n) is 32.8. The van der Waals surface area contributed by atoms with E-state index in [0.717, 1.165) is 107 Å². The lowest BCUT2D eigenvalue weighted by molar-refractivity contribution is -0.400. The van der Waals surface area contributed by atoms with Gasteiger partial charge in [-0.2, -0.15) is 0 Å². The summed E-state index contributed by atoms with van der Waals surface area (Å²) in [4.78, 5) is 155. The Morgan fingerprint density at radius 3 is 0.923 bits per heavy atom. The molecule has 8 aliphatic carbocycles. The van der Waals surface area contributed by atoms with E-state index in [0.29, 0.717) is 82.6 Å². The maximum Gasteiger partial charge on any atom is 0.309 e. The smallest absolute Gasteiger partial charge is 0.309 e. The Kier molecular flexibility index (Phi) is 35.8. The lowest BCUT2D eigenvalue weighted by Gasteiger charge is -2.64. The minimum atomic E-state index is -2.07. The molecule has 0 amide bonds. The van der Waals surface area contributed by atoms with Gasteiger partial charge in [-0.3, -0.25) is 57.5 Å². The first-order chi connectivity index (χ1) is 66.6. The van der Waals surface area contributed by atoms with E-state index in [9.17, 15) is 119 Å². The molecular formula is C97H144O46. The largest absolute Gasteiger partial charge is 0.481 e. The summed E-state index contributed by atoms with van der Waals surface area (Å²) < 4.78 is 134. The zero-order valence-corrected chi connectivity index (χ0v) is 82.3. The highest BCUT2D eigenvalue weighted by atomic mass is 16.8. The number of fused-ring (bicyclic) bond motifs is 6. The molecule has 46 heteroatoms. The van der Waals surface area contributed by atoms with Gasteiger partial charge in [0.25, 0.3) is 0 Å². The molecule has 0 aromatic carbocycles.